The van der Waals surface area contributed by atoms with Crippen LogP contribution < -0.4 is 5.32 Å². The minimum absolute atomic E-state index is 0.119. The predicted octanol–water partition coefficient (Wildman–Crippen LogP) is 0.179. The van der Waals surface area contributed by atoms with Gasteiger partial charge in [0, 0.05) is 37.9 Å². The lowest BCUT2D eigenvalue weighted by Gasteiger charge is -2.32. The van der Waals surface area contributed by atoms with E-state index < -0.39 is 16.1 Å². The van der Waals surface area contributed by atoms with E-state index in [0.29, 0.717) is 32.5 Å². The van der Waals surface area contributed by atoms with Crippen molar-refractivity contribution in [2.75, 3.05) is 25.9 Å². The van der Waals surface area contributed by atoms with Crippen molar-refractivity contribution in [3.8, 4) is 0 Å². The van der Waals surface area contributed by atoms with Gasteiger partial charge in [0.1, 0.15) is 6.10 Å². The molecular weight excluding hydrogens is 330 g/mol. The Hall–Kier alpha value is -1.51. The number of sulfonamides is 1. The highest BCUT2D eigenvalue weighted by atomic mass is 32.2. The molecule has 1 amide bonds. The number of piperidine rings is 1. The molecule has 2 saturated heterocycles. The number of nitrogens with zero attached hydrogens (tertiary/aromatic N) is 2. The van der Waals surface area contributed by atoms with Crippen molar-refractivity contribution in [1.29, 1.82) is 0 Å². The summed E-state index contributed by atoms with van der Waals surface area (Å²) in [6, 6.07) is 5.70. The molecule has 0 radical (unpaired) electrons. The highest BCUT2D eigenvalue weighted by Crippen LogP contribution is 2.33. The first-order chi connectivity index (χ1) is 11.4. The maximum atomic E-state index is 12.3. The van der Waals surface area contributed by atoms with E-state index in [1.54, 1.807) is 6.20 Å². The third-order valence-corrected chi connectivity index (χ3v) is 5.95. The Kier molecular flexibility index (Phi) is 5.17. The van der Waals surface area contributed by atoms with Crippen LogP contribution in [0.3, 0.4) is 0 Å². The summed E-state index contributed by atoms with van der Waals surface area (Å²) in [5, 5.41) is 2.89. The number of hydrogen-bond acceptors (Lipinski definition) is 5. The smallest absolute Gasteiger partial charge is 0.249 e. The summed E-state index contributed by atoms with van der Waals surface area (Å²) in [7, 11) is -3.20. The molecule has 0 saturated carbocycles. The largest absolute Gasteiger partial charge is 0.363 e. The molecule has 0 unspecified atom stereocenters. The van der Waals surface area contributed by atoms with Gasteiger partial charge in [-0.15, -0.1) is 0 Å². The zero-order chi connectivity index (χ0) is 17.2. The van der Waals surface area contributed by atoms with Crippen LogP contribution >= 0.6 is 0 Å². The summed E-state index contributed by atoms with van der Waals surface area (Å²) < 4.78 is 30.6. The summed E-state index contributed by atoms with van der Waals surface area (Å²) in [5.41, 5.74) is 0.933. The molecule has 0 aliphatic carbocycles. The minimum atomic E-state index is -3.20. The third-order valence-electron chi connectivity index (χ3n) is 4.68. The van der Waals surface area contributed by atoms with Gasteiger partial charge in [0.2, 0.25) is 15.9 Å². The second-order valence-corrected chi connectivity index (χ2v) is 8.41. The first-order valence-electron chi connectivity index (χ1n) is 8.21. The van der Waals surface area contributed by atoms with Crippen LogP contribution in [0.4, 0.5) is 0 Å². The van der Waals surface area contributed by atoms with Crippen molar-refractivity contribution in [3.63, 3.8) is 0 Å². The number of carbonyl (C=O) groups excluding carboxylic acids is 1. The topological polar surface area (TPSA) is 88.6 Å². The van der Waals surface area contributed by atoms with Crippen molar-refractivity contribution in [2.45, 2.75) is 31.5 Å². The highest BCUT2D eigenvalue weighted by molar-refractivity contribution is 7.88. The molecule has 3 heterocycles. The number of amides is 1. The third kappa shape index (κ3) is 4.12. The first kappa shape index (κ1) is 17.3. The van der Waals surface area contributed by atoms with Crippen LogP contribution in [0.15, 0.2) is 24.4 Å². The maximum Gasteiger partial charge on any atom is 0.249 e. The van der Waals surface area contributed by atoms with Crippen LogP contribution in [0, 0.1) is 5.92 Å². The van der Waals surface area contributed by atoms with Crippen LogP contribution in [-0.4, -0.2) is 61.7 Å². The average Bonchev–Trinajstić information content (AvgIpc) is 2.98. The molecule has 0 aromatic carbocycles. The second-order valence-electron chi connectivity index (χ2n) is 6.43. The van der Waals surface area contributed by atoms with Crippen molar-refractivity contribution in [3.05, 3.63) is 30.1 Å². The number of pyridine rings is 1. The predicted molar refractivity (Wildman–Crippen MR) is 88.8 cm³/mol. The summed E-state index contributed by atoms with van der Waals surface area (Å²) in [6.07, 6.45) is 4.36. The lowest BCUT2D eigenvalue weighted by Crippen LogP contribution is -2.45. The quantitative estimate of drug-likeness (QED) is 0.816. The Morgan fingerprint density at radius 3 is 3.00 bits per heavy atom. The van der Waals surface area contributed by atoms with Crippen LogP contribution in [-0.2, 0) is 26.0 Å². The SMILES string of the molecule is CS(=O)(=O)N1CC[C@H]2C[C@H](C(=O)NCCc3ccccn3)O[C@@H]2C1. The highest BCUT2D eigenvalue weighted by Gasteiger charge is 2.43. The average molecular weight is 353 g/mol. The summed E-state index contributed by atoms with van der Waals surface area (Å²) in [4.78, 5) is 16.5. The molecule has 0 spiro atoms. The van der Waals surface area contributed by atoms with E-state index in [1.165, 1.54) is 10.6 Å². The molecule has 1 aromatic rings. The van der Waals surface area contributed by atoms with Crippen LogP contribution in [0.5, 0.6) is 0 Å². The fraction of sp³-hybridized carbons (Fsp3) is 0.625. The van der Waals surface area contributed by atoms with E-state index >= 15 is 0 Å². The molecule has 3 rings (SSSR count). The van der Waals surface area contributed by atoms with Crippen LogP contribution in [0.25, 0.3) is 0 Å². The Morgan fingerprint density at radius 1 is 1.46 bits per heavy atom. The summed E-state index contributed by atoms with van der Waals surface area (Å²) >= 11 is 0. The van der Waals surface area contributed by atoms with E-state index in [1.807, 2.05) is 18.2 Å². The lowest BCUT2D eigenvalue weighted by molar-refractivity contribution is -0.132. The molecule has 0 bridgehead atoms. The fourth-order valence-electron chi connectivity index (χ4n) is 3.35. The molecule has 7 nitrogen and oxygen atoms in total. The van der Waals surface area contributed by atoms with Gasteiger partial charge < -0.3 is 10.1 Å². The number of hydrogen-bond donors (Lipinski definition) is 1. The van der Waals surface area contributed by atoms with Crippen molar-refractivity contribution in [2.24, 2.45) is 5.92 Å². The minimum Gasteiger partial charge on any atom is -0.363 e. The number of carbonyl (C=O) groups is 1. The number of fused-ring (bicyclic) bond motifs is 1. The molecule has 3 atom stereocenters. The van der Waals surface area contributed by atoms with Crippen LogP contribution in [0.2, 0.25) is 0 Å². The Labute approximate surface area is 142 Å². The summed E-state index contributed by atoms with van der Waals surface area (Å²) in [6.45, 7) is 1.37. The van der Waals surface area contributed by atoms with E-state index in [9.17, 15) is 13.2 Å². The van der Waals surface area contributed by atoms with E-state index in [4.69, 9.17) is 4.74 Å². The Morgan fingerprint density at radius 2 is 2.29 bits per heavy atom. The van der Waals surface area contributed by atoms with E-state index in [2.05, 4.69) is 10.3 Å². The van der Waals surface area contributed by atoms with Gasteiger partial charge in [-0.1, -0.05) is 6.07 Å². The zero-order valence-corrected chi connectivity index (χ0v) is 14.5. The molecule has 2 aliphatic rings. The number of rotatable bonds is 5. The van der Waals surface area contributed by atoms with Gasteiger partial charge in [0.05, 0.1) is 12.4 Å². The Balaban J connectivity index is 1.48. The zero-order valence-electron chi connectivity index (χ0n) is 13.7. The van der Waals surface area contributed by atoms with E-state index in [-0.39, 0.29) is 17.9 Å². The van der Waals surface area contributed by atoms with Gasteiger partial charge in [-0.2, -0.15) is 4.31 Å². The van der Waals surface area contributed by atoms with Gasteiger partial charge in [-0.3, -0.25) is 9.78 Å². The standard InChI is InChI=1S/C16H23N3O4S/c1-24(21,22)19-9-6-12-10-14(23-15(12)11-19)16(20)18-8-5-13-4-2-3-7-17-13/h2-4,7,12,14-15H,5-6,8-11H2,1H3,(H,18,20)/t12-,14+,15+/m0/s1. The van der Waals surface area contributed by atoms with Gasteiger partial charge in [0.25, 0.3) is 0 Å². The number of aromatic nitrogens is 1. The van der Waals surface area contributed by atoms with Crippen molar-refractivity contribution >= 4 is 15.9 Å². The van der Waals surface area contributed by atoms with Gasteiger partial charge in [-0.05, 0) is 30.9 Å². The monoisotopic (exact) mass is 353 g/mol. The van der Waals surface area contributed by atoms with Gasteiger partial charge in [0.15, 0.2) is 0 Å². The fourth-order valence-corrected chi connectivity index (χ4v) is 4.20. The maximum absolute atomic E-state index is 12.3. The summed E-state index contributed by atoms with van der Waals surface area (Å²) in [5.74, 6) is 0.140. The van der Waals surface area contributed by atoms with E-state index in [0.717, 1.165) is 12.1 Å². The normalized spacial score (nSPS) is 27.6. The molecule has 2 fully saturated rings. The Bertz CT molecular complexity index is 680. The molecule has 1 aromatic heterocycles. The van der Waals surface area contributed by atoms with Crippen LogP contribution in [0.1, 0.15) is 18.5 Å². The second kappa shape index (κ2) is 7.16. The molecule has 132 valence electrons. The molecule has 1 N–H and O–H groups in total. The number of nitrogens with one attached hydrogen (secondary N) is 1. The molecule has 24 heavy (non-hydrogen) atoms. The van der Waals surface area contributed by atoms with Crippen molar-refractivity contribution < 1.29 is 17.9 Å². The van der Waals surface area contributed by atoms with Gasteiger partial charge in [-0.25, -0.2) is 8.42 Å². The number of ether oxygens (including phenoxy) is 1. The molecule has 2 aliphatic heterocycles. The lowest BCUT2D eigenvalue weighted by atomic mass is 9.93. The molecular formula is C16H23N3O4S. The molecule has 8 heteroatoms. The first-order valence-corrected chi connectivity index (χ1v) is 10.1. The van der Waals surface area contributed by atoms with Crippen molar-refractivity contribution in [1.82, 2.24) is 14.6 Å². The van der Waals surface area contributed by atoms with Gasteiger partial charge >= 0.3 is 0 Å².